The first-order chi connectivity index (χ1) is 10.6. The number of hydrogen-bond acceptors (Lipinski definition) is 4. The highest BCUT2D eigenvalue weighted by Crippen LogP contribution is 2.24. The Balaban J connectivity index is 1.69. The van der Waals surface area contributed by atoms with E-state index in [0.717, 1.165) is 13.0 Å². The summed E-state index contributed by atoms with van der Waals surface area (Å²) in [7, 11) is -3.22. The van der Waals surface area contributed by atoms with Crippen LogP contribution in [0, 0.1) is 5.92 Å². The van der Waals surface area contributed by atoms with E-state index in [1.165, 1.54) is 4.31 Å². The first-order valence-corrected chi connectivity index (χ1v) is 9.13. The van der Waals surface area contributed by atoms with Crippen LogP contribution in [0.2, 0.25) is 0 Å². The SMILES string of the molecule is O=C(NCC1CCOC1)c1cccc(N2CCCS2(=O)=O)c1. The molecule has 2 fully saturated rings. The number of carbonyl (C=O) groups is 1. The second kappa shape index (κ2) is 6.26. The summed E-state index contributed by atoms with van der Waals surface area (Å²) < 4.78 is 30.6. The van der Waals surface area contributed by atoms with Crippen LogP contribution < -0.4 is 9.62 Å². The number of rotatable bonds is 4. The first kappa shape index (κ1) is 15.3. The van der Waals surface area contributed by atoms with Gasteiger partial charge in [-0.05, 0) is 31.0 Å². The van der Waals surface area contributed by atoms with Crippen LogP contribution in [-0.4, -0.2) is 46.4 Å². The quantitative estimate of drug-likeness (QED) is 0.896. The molecule has 3 rings (SSSR count). The van der Waals surface area contributed by atoms with Gasteiger partial charge >= 0.3 is 0 Å². The molecule has 7 heteroatoms. The number of carbonyl (C=O) groups excluding carboxylic acids is 1. The molecule has 2 aliphatic heterocycles. The van der Waals surface area contributed by atoms with E-state index in [0.29, 0.717) is 43.3 Å². The zero-order valence-corrected chi connectivity index (χ0v) is 13.1. The average Bonchev–Trinajstić information content (AvgIpc) is 3.13. The Labute approximate surface area is 130 Å². The molecule has 1 N–H and O–H groups in total. The van der Waals surface area contributed by atoms with E-state index in [4.69, 9.17) is 4.74 Å². The zero-order chi connectivity index (χ0) is 15.6. The number of benzene rings is 1. The average molecular weight is 324 g/mol. The molecule has 22 heavy (non-hydrogen) atoms. The van der Waals surface area contributed by atoms with Gasteiger partial charge in [0.1, 0.15) is 0 Å². The second-order valence-corrected chi connectivity index (χ2v) is 7.74. The minimum atomic E-state index is -3.22. The molecule has 0 saturated carbocycles. The summed E-state index contributed by atoms with van der Waals surface area (Å²) in [6.07, 6.45) is 1.59. The normalized spacial score (nSPS) is 23.6. The van der Waals surface area contributed by atoms with Gasteiger partial charge in [0.25, 0.3) is 5.91 Å². The van der Waals surface area contributed by atoms with Crippen LogP contribution in [0.25, 0.3) is 0 Å². The molecule has 1 atom stereocenters. The monoisotopic (exact) mass is 324 g/mol. The molecule has 0 spiro atoms. The smallest absolute Gasteiger partial charge is 0.251 e. The number of nitrogens with zero attached hydrogens (tertiary/aromatic N) is 1. The fraction of sp³-hybridized carbons (Fsp3) is 0.533. The van der Waals surface area contributed by atoms with Crippen LogP contribution >= 0.6 is 0 Å². The molecule has 0 bridgehead atoms. The molecule has 2 aliphatic rings. The molecule has 2 saturated heterocycles. The molecule has 0 radical (unpaired) electrons. The van der Waals surface area contributed by atoms with Gasteiger partial charge in [-0.25, -0.2) is 8.42 Å². The van der Waals surface area contributed by atoms with Crippen molar-refractivity contribution in [2.24, 2.45) is 5.92 Å². The van der Waals surface area contributed by atoms with Gasteiger partial charge in [0.2, 0.25) is 10.0 Å². The first-order valence-electron chi connectivity index (χ1n) is 7.53. The number of anilines is 1. The number of sulfonamides is 1. The number of hydrogen-bond donors (Lipinski definition) is 1. The predicted octanol–water partition coefficient (Wildman–Crippen LogP) is 0.993. The van der Waals surface area contributed by atoms with Gasteiger partial charge in [-0.15, -0.1) is 0 Å². The largest absolute Gasteiger partial charge is 0.381 e. The molecule has 0 aromatic heterocycles. The van der Waals surface area contributed by atoms with Crippen molar-refractivity contribution in [2.45, 2.75) is 12.8 Å². The lowest BCUT2D eigenvalue weighted by Gasteiger charge is -2.17. The summed E-state index contributed by atoms with van der Waals surface area (Å²) in [5.74, 6) is 0.363. The summed E-state index contributed by atoms with van der Waals surface area (Å²) in [4.78, 5) is 12.2. The van der Waals surface area contributed by atoms with Crippen LogP contribution in [-0.2, 0) is 14.8 Å². The maximum atomic E-state index is 12.2. The van der Waals surface area contributed by atoms with Crippen molar-refractivity contribution >= 4 is 21.6 Å². The Morgan fingerprint density at radius 2 is 2.27 bits per heavy atom. The maximum absolute atomic E-state index is 12.2. The predicted molar refractivity (Wildman–Crippen MR) is 83.5 cm³/mol. The highest BCUT2D eigenvalue weighted by atomic mass is 32.2. The Hall–Kier alpha value is -1.60. The molecule has 1 aromatic carbocycles. The third-order valence-corrected chi connectivity index (χ3v) is 5.94. The van der Waals surface area contributed by atoms with Crippen molar-refractivity contribution in [3.63, 3.8) is 0 Å². The van der Waals surface area contributed by atoms with Gasteiger partial charge in [-0.3, -0.25) is 9.10 Å². The number of ether oxygens (including phenoxy) is 1. The lowest BCUT2D eigenvalue weighted by atomic mass is 10.1. The van der Waals surface area contributed by atoms with E-state index < -0.39 is 10.0 Å². The fourth-order valence-electron chi connectivity index (χ4n) is 2.82. The van der Waals surface area contributed by atoms with E-state index in [-0.39, 0.29) is 11.7 Å². The molecular formula is C15H20N2O4S. The second-order valence-electron chi connectivity index (χ2n) is 5.73. The van der Waals surface area contributed by atoms with E-state index in [1.54, 1.807) is 24.3 Å². The molecule has 1 amide bonds. The van der Waals surface area contributed by atoms with Crippen LogP contribution in [0.1, 0.15) is 23.2 Å². The topological polar surface area (TPSA) is 75.7 Å². The summed E-state index contributed by atoms with van der Waals surface area (Å²) in [5.41, 5.74) is 1.05. The maximum Gasteiger partial charge on any atom is 0.251 e. The molecule has 2 heterocycles. The van der Waals surface area contributed by atoms with Gasteiger partial charge in [0, 0.05) is 31.2 Å². The van der Waals surface area contributed by atoms with Gasteiger partial charge < -0.3 is 10.1 Å². The number of amides is 1. The molecule has 1 aromatic rings. The lowest BCUT2D eigenvalue weighted by molar-refractivity contribution is 0.0945. The standard InChI is InChI=1S/C15H20N2O4S/c18-15(16-10-12-5-7-21-11-12)13-3-1-4-14(9-13)17-6-2-8-22(17,19)20/h1,3-4,9,12H,2,5-8,10-11H2,(H,16,18). The van der Waals surface area contributed by atoms with Crippen molar-refractivity contribution in [3.05, 3.63) is 29.8 Å². The van der Waals surface area contributed by atoms with Crippen molar-refractivity contribution in [2.75, 3.05) is 36.4 Å². The summed E-state index contributed by atoms with van der Waals surface area (Å²) in [6.45, 7) is 2.51. The van der Waals surface area contributed by atoms with E-state index in [2.05, 4.69) is 5.32 Å². The Morgan fingerprint density at radius 3 is 2.95 bits per heavy atom. The lowest BCUT2D eigenvalue weighted by Crippen LogP contribution is -2.30. The zero-order valence-electron chi connectivity index (χ0n) is 12.3. The Bertz CT molecular complexity index is 653. The third-order valence-electron chi connectivity index (χ3n) is 4.07. The molecular weight excluding hydrogens is 304 g/mol. The fourth-order valence-corrected chi connectivity index (χ4v) is 4.37. The van der Waals surface area contributed by atoms with Crippen LogP contribution in [0.4, 0.5) is 5.69 Å². The van der Waals surface area contributed by atoms with E-state index >= 15 is 0 Å². The Kier molecular flexibility index (Phi) is 4.35. The van der Waals surface area contributed by atoms with Gasteiger partial charge in [0.05, 0.1) is 18.0 Å². The summed E-state index contributed by atoms with van der Waals surface area (Å²) in [5, 5.41) is 2.89. The van der Waals surface area contributed by atoms with Crippen molar-refractivity contribution < 1.29 is 17.9 Å². The molecule has 1 unspecified atom stereocenters. The van der Waals surface area contributed by atoms with Crippen molar-refractivity contribution in [3.8, 4) is 0 Å². The molecule has 0 aliphatic carbocycles. The third kappa shape index (κ3) is 3.25. The Morgan fingerprint density at radius 1 is 1.41 bits per heavy atom. The summed E-state index contributed by atoms with van der Waals surface area (Å²) in [6, 6.07) is 6.79. The van der Waals surface area contributed by atoms with Gasteiger partial charge in [-0.2, -0.15) is 0 Å². The highest BCUT2D eigenvalue weighted by molar-refractivity contribution is 7.93. The van der Waals surface area contributed by atoms with Crippen molar-refractivity contribution in [1.82, 2.24) is 5.32 Å². The number of nitrogens with one attached hydrogen (secondary N) is 1. The van der Waals surface area contributed by atoms with Crippen LogP contribution in [0.3, 0.4) is 0 Å². The molecule has 6 nitrogen and oxygen atoms in total. The van der Waals surface area contributed by atoms with Crippen LogP contribution in [0.5, 0.6) is 0 Å². The van der Waals surface area contributed by atoms with Gasteiger partial charge in [-0.1, -0.05) is 6.07 Å². The van der Waals surface area contributed by atoms with Gasteiger partial charge in [0.15, 0.2) is 0 Å². The minimum absolute atomic E-state index is 0.172. The van der Waals surface area contributed by atoms with E-state index in [9.17, 15) is 13.2 Å². The summed E-state index contributed by atoms with van der Waals surface area (Å²) >= 11 is 0. The molecule has 120 valence electrons. The van der Waals surface area contributed by atoms with Crippen molar-refractivity contribution in [1.29, 1.82) is 0 Å². The minimum Gasteiger partial charge on any atom is -0.381 e. The highest BCUT2D eigenvalue weighted by Gasteiger charge is 2.28. The van der Waals surface area contributed by atoms with E-state index in [1.807, 2.05) is 0 Å². The van der Waals surface area contributed by atoms with Crippen LogP contribution in [0.15, 0.2) is 24.3 Å².